The number of hydrogen-bond donors (Lipinski definition) is 1. The highest BCUT2D eigenvalue weighted by Gasteiger charge is 2.13. The standard InChI is InChI=1S/C14H21N3S/c1-4-18-8-7-11(3)17-13-6-5-10(2)9-12(13)16-14(17)15/h5-6,9,11H,4,7-8H2,1-3H3,(H2,15,16). The number of aryl methyl sites for hydroxylation is 1. The third-order valence-corrected chi connectivity index (χ3v) is 4.13. The number of anilines is 1. The van der Waals surface area contributed by atoms with Gasteiger partial charge in [0.2, 0.25) is 5.95 Å². The van der Waals surface area contributed by atoms with E-state index in [1.165, 1.54) is 17.1 Å². The van der Waals surface area contributed by atoms with E-state index >= 15 is 0 Å². The van der Waals surface area contributed by atoms with Gasteiger partial charge in [-0.05, 0) is 49.5 Å². The molecule has 18 heavy (non-hydrogen) atoms. The van der Waals surface area contributed by atoms with Gasteiger partial charge in [-0.3, -0.25) is 0 Å². The van der Waals surface area contributed by atoms with Crippen molar-refractivity contribution in [3.63, 3.8) is 0 Å². The third-order valence-electron chi connectivity index (χ3n) is 3.20. The first-order valence-corrected chi connectivity index (χ1v) is 7.60. The first-order valence-electron chi connectivity index (χ1n) is 6.45. The van der Waals surface area contributed by atoms with Crippen LogP contribution in [0.15, 0.2) is 18.2 Å². The van der Waals surface area contributed by atoms with E-state index in [2.05, 4.69) is 48.5 Å². The first kappa shape index (κ1) is 13.3. The Bertz CT molecular complexity index is 533. The van der Waals surface area contributed by atoms with Crippen LogP contribution in [0, 0.1) is 6.92 Å². The summed E-state index contributed by atoms with van der Waals surface area (Å²) in [5.74, 6) is 2.97. The number of hydrogen-bond acceptors (Lipinski definition) is 3. The molecule has 2 N–H and O–H groups in total. The quantitative estimate of drug-likeness (QED) is 0.838. The van der Waals surface area contributed by atoms with Crippen molar-refractivity contribution >= 4 is 28.7 Å². The van der Waals surface area contributed by atoms with Crippen molar-refractivity contribution in [1.82, 2.24) is 9.55 Å². The largest absolute Gasteiger partial charge is 0.369 e. The van der Waals surface area contributed by atoms with Crippen LogP contribution in [-0.2, 0) is 0 Å². The third kappa shape index (κ3) is 2.64. The zero-order valence-corrected chi connectivity index (χ0v) is 12.1. The van der Waals surface area contributed by atoms with Crippen LogP contribution >= 0.6 is 11.8 Å². The predicted octanol–water partition coefficient (Wildman–Crippen LogP) is 3.63. The summed E-state index contributed by atoms with van der Waals surface area (Å²) < 4.78 is 2.16. The van der Waals surface area contributed by atoms with Crippen molar-refractivity contribution < 1.29 is 0 Å². The second-order valence-corrected chi connectivity index (χ2v) is 6.06. The molecule has 1 aromatic carbocycles. The minimum absolute atomic E-state index is 0.400. The zero-order chi connectivity index (χ0) is 13.1. The maximum Gasteiger partial charge on any atom is 0.201 e. The molecule has 0 aliphatic carbocycles. The molecule has 0 aliphatic rings. The Morgan fingerprint density at radius 1 is 1.44 bits per heavy atom. The topological polar surface area (TPSA) is 43.8 Å². The second kappa shape index (κ2) is 5.65. The summed E-state index contributed by atoms with van der Waals surface area (Å²) in [6.45, 7) is 6.49. The Labute approximate surface area is 113 Å². The molecule has 0 saturated carbocycles. The molecule has 0 bridgehead atoms. The number of imidazole rings is 1. The summed E-state index contributed by atoms with van der Waals surface area (Å²) in [6.07, 6.45) is 1.13. The van der Waals surface area contributed by atoms with Crippen LogP contribution in [0.5, 0.6) is 0 Å². The molecule has 0 fully saturated rings. The Kier molecular flexibility index (Phi) is 4.17. The van der Waals surface area contributed by atoms with Gasteiger partial charge in [-0.15, -0.1) is 0 Å². The molecule has 0 spiro atoms. The minimum atomic E-state index is 0.400. The average Bonchev–Trinajstić information content (AvgIpc) is 2.64. The summed E-state index contributed by atoms with van der Waals surface area (Å²) in [5, 5.41) is 0. The van der Waals surface area contributed by atoms with Gasteiger partial charge in [0, 0.05) is 6.04 Å². The Morgan fingerprint density at radius 3 is 2.94 bits per heavy atom. The van der Waals surface area contributed by atoms with Crippen molar-refractivity contribution in [3.05, 3.63) is 23.8 Å². The molecule has 1 aromatic heterocycles. The van der Waals surface area contributed by atoms with Crippen LogP contribution in [0.4, 0.5) is 5.95 Å². The molecule has 2 rings (SSSR count). The van der Waals surface area contributed by atoms with E-state index in [4.69, 9.17) is 5.73 Å². The van der Waals surface area contributed by atoms with E-state index in [0.29, 0.717) is 12.0 Å². The smallest absolute Gasteiger partial charge is 0.201 e. The van der Waals surface area contributed by atoms with E-state index in [1.54, 1.807) is 0 Å². The number of nitrogens with zero attached hydrogens (tertiary/aromatic N) is 2. The molecule has 0 aliphatic heterocycles. The number of benzene rings is 1. The van der Waals surface area contributed by atoms with Crippen LogP contribution in [-0.4, -0.2) is 21.1 Å². The lowest BCUT2D eigenvalue weighted by molar-refractivity contribution is 0.556. The zero-order valence-electron chi connectivity index (χ0n) is 11.3. The molecule has 2 aromatic rings. The summed E-state index contributed by atoms with van der Waals surface area (Å²) in [7, 11) is 0. The molecule has 0 saturated heterocycles. The normalized spacial score (nSPS) is 13.1. The molecule has 98 valence electrons. The molecular formula is C14H21N3S. The summed E-state index contributed by atoms with van der Waals surface area (Å²) in [5.41, 5.74) is 9.42. The molecule has 1 heterocycles. The summed E-state index contributed by atoms with van der Waals surface area (Å²) in [6, 6.07) is 6.73. The monoisotopic (exact) mass is 263 g/mol. The van der Waals surface area contributed by atoms with Gasteiger partial charge in [-0.25, -0.2) is 4.98 Å². The average molecular weight is 263 g/mol. The lowest BCUT2D eigenvalue weighted by Gasteiger charge is -2.15. The lowest BCUT2D eigenvalue weighted by atomic mass is 10.2. The van der Waals surface area contributed by atoms with Gasteiger partial charge < -0.3 is 10.3 Å². The van der Waals surface area contributed by atoms with Crippen LogP contribution in [0.2, 0.25) is 0 Å². The van der Waals surface area contributed by atoms with Gasteiger partial charge in [0.1, 0.15) is 0 Å². The van der Waals surface area contributed by atoms with E-state index < -0.39 is 0 Å². The molecule has 3 nitrogen and oxygen atoms in total. The van der Waals surface area contributed by atoms with Crippen molar-refractivity contribution in [2.45, 2.75) is 33.2 Å². The van der Waals surface area contributed by atoms with Gasteiger partial charge in [-0.2, -0.15) is 11.8 Å². The van der Waals surface area contributed by atoms with Gasteiger partial charge >= 0.3 is 0 Å². The molecule has 1 unspecified atom stereocenters. The van der Waals surface area contributed by atoms with E-state index in [9.17, 15) is 0 Å². The van der Waals surface area contributed by atoms with Crippen LogP contribution < -0.4 is 5.73 Å². The van der Waals surface area contributed by atoms with Crippen LogP contribution in [0.25, 0.3) is 11.0 Å². The van der Waals surface area contributed by atoms with Crippen molar-refractivity contribution in [2.24, 2.45) is 0 Å². The van der Waals surface area contributed by atoms with Gasteiger partial charge in [0.05, 0.1) is 11.0 Å². The predicted molar refractivity (Wildman–Crippen MR) is 81.2 cm³/mol. The highest BCUT2D eigenvalue weighted by atomic mass is 32.2. The maximum atomic E-state index is 6.05. The van der Waals surface area contributed by atoms with Crippen molar-refractivity contribution in [3.8, 4) is 0 Å². The van der Waals surface area contributed by atoms with E-state index in [0.717, 1.165) is 17.5 Å². The van der Waals surface area contributed by atoms with E-state index in [-0.39, 0.29) is 0 Å². The van der Waals surface area contributed by atoms with Crippen molar-refractivity contribution in [1.29, 1.82) is 0 Å². The number of thioether (sulfide) groups is 1. The summed E-state index contributed by atoms with van der Waals surface area (Å²) in [4.78, 5) is 4.46. The molecule has 4 heteroatoms. The number of aromatic nitrogens is 2. The molecule has 0 radical (unpaired) electrons. The highest BCUT2D eigenvalue weighted by Crippen LogP contribution is 2.26. The molecule has 0 amide bonds. The lowest BCUT2D eigenvalue weighted by Crippen LogP contribution is -2.09. The molecular weight excluding hydrogens is 242 g/mol. The maximum absolute atomic E-state index is 6.05. The number of nitrogen functional groups attached to an aromatic ring is 1. The van der Waals surface area contributed by atoms with Crippen LogP contribution in [0.3, 0.4) is 0 Å². The van der Waals surface area contributed by atoms with Gasteiger partial charge in [0.15, 0.2) is 0 Å². The van der Waals surface area contributed by atoms with Crippen LogP contribution in [0.1, 0.15) is 31.9 Å². The number of nitrogens with two attached hydrogens (primary N) is 1. The minimum Gasteiger partial charge on any atom is -0.369 e. The Balaban J connectivity index is 2.29. The second-order valence-electron chi connectivity index (χ2n) is 4.67. The Morgan fingerprint density at radius 2 is 2.22 bits per heavy atom. The number of fused-ring (bicyclic) bond motifs is 1. The summed E-state index contributed by atoms with van der Waals surface area (Å²) >= 11 is 1.97. The fourth-order valence-corrected chi connectivity index (χ4v) is 3.01. The van der Waals surface area contributed by atoms with Gasteiger partial charge in [0.25, 0.3) is 0 Å². The fourth-order valence-electron chi connectivity index (χ4n) is 2.22. The van der Waals surface area contributed by atoms with Crippen molar-refractivity contribution in [2.75, 3.05) is 17.2 Å². The highest BCUT2D eigenvalue weighted by molar-refractivity contribution is 7.99. The molecule has 1 atom stereocenters. The first-order chi connectivity index (χ1) is 8.63. The van der Waals surface area contributed by atoms with E-state index in [1.807, 2.05) is 11.8 Å². The Hall–Kier alpha value is -1.16. The number of rotatable bonds is 5. The fraction of sp³-hybridized carbons (Fsp3) is 0.500. The van der Waals surface area contributed by atoms with Gasteiger partial charge in [-0.1, -0.05) is 13.0 Å². The SMILES string of the molecule is CCSCCC(C)n1c(N)nc2cc(C)ccc21.